The fraction of sp³-hybridized carbons (Fsp3) is 0.455. The molecule has 29 heavy (non-hydrogen) atoms. The first kappa shape index (κ1) is 20.7. The van der Waals surface area contributed by atoms with Crippen molar-refractivity contribution in [2.45, 2.75) is 39.2 Å². The molecule has 154 valence electrons. The van der Waals surface area contributed by atoms with E-state index in [2.05, 4.69) is 38.8 Å². The Morgan fingerprint density at radius 1 is 1.24 bits per heavy atom. The SMILES string of the molecule is Cc1cc(CCC2CCN(CCn3c(=O)ccc4ncc(F)cc43)CC2)sc1Br. The Morgan fingerprint density at radius 2 is 2.03 bits per heavy atom. The van der Waals surface area contributed by atoms with E-state index in [9.17, 15) is 9.18 Å². The number of piperidine rings is 1. The normalized spacial score (nSPS) is 16.0. The number of halogens is 2. The van der Waals surface area contributed by atoms with Crippen molar-refractivity contribution in [3.05, 3.63) is 60.9 Å². The van der Waals surface area contributed by atoms with Crippen LogP contribution in [0.5, 0.6) is 0 Å². The molecule has 4 nitrogen and oxygen atoms in total. The molecule has 1 fully saturated rings. The van der Waals surface area contributed by atoms with Crippen molar-refractivity contribution in [1.29, 1.82) is 0 Å². The predicted molar refractivity (Wildman–Crippen MR) is 120 cm³/mol. The van der Waals surface area contributed by atoms with Gasteiger partial charge in [-0.05, 0) is 85.2 Å². The van der Waals surface area contributed by atoms with Crippen molar-refractivity contribution in [3.63, 3.8) is 0 Å². The van der Waals surface area contributed by atoms with Crippen LogP contribution in [0.15, 0.2) is 39.0 Å². The summed E-state index contributed by atoms with van der Waals surface area (Å²) in [5.74, 6) is 0.358. The molecule has 1 aliphatic heterocycles. The van der Waals surface area contributed by atoms with Gasteiger partial charge in [0.15, 0.2) is 0 Å². The lowest BCUT2D eigenvalue weighted by Gasteiger charge is -2.32. The molecule has 1 aliphatic rings. The van der Waals surface area contributed by atoms with Gasteiger partial charge in [-0.2, -0.15) is 0 Å². The molecule has 1 saturated heterocycles. The van der Waals surface area contributed by atoms with Crippen LogP contribution in [-0.2, 0) is 13.0 Å². The molecule has 0 aromatic carbocycles. The van der Waals surface area contributed by atoms with E-state index in [-0.39, 0.29) is 5.56 Å². The third-order valence-corrected chi connectivity index (χ3v) is 8.06. The van der Waals surface area contributed by atoms with Crippen LogP contribution in [0.25, 0.3) is 11.0 Å². The van der Waals surface area contributed by atoms with Crippen molar-refractivity contribution < 1.29 is 4.39 Å². The minimum atomic E-state index is -0.411. The largest absolute Gasteiger partial charge is 0.305 e. The summed E-state index contributed by atoms with van der Waals surface area (Å²) in [7, 11) is 0. The third-order valence-electron chi connectivity index (χ3n) is 5.86. The van der Waals surface area contributed by atoms with Crippen molar-refractivity contribution in [3.8, 4) is 0 Å². The number of hydrogen-bond acceptors (Lipinski definition) is 4. The highest BCUT2D eigenvalue weighted by Crippen LogP contribution is 2.30. The minimum absolute atomic E-state index is 0.0998. The predicted octanol–water partition coefficient (Wildman–Crippen LogP) is 5.01. The molecular weight excluding hydrogens is 453 g/mol. The molecule has 3 aromatic rings. The Labute approximate surface area is 182 Å². The summed E-state index contributed by atoms with van der Waals surface area (Å²) in [6, 6.07) is 6.88. The van der Waals surface area contributed by atoms with Gasteiger partial charge in [0.25, 0.3) is 5.56 Å². The summed E-state index contributed by atoms with van der Waals surface area (Å²) in [6.45, 7) is 5.63. The average Bonchev–Trinajstić information content (AvgIpc) is 3.04. The van der Waals surface area contributed by atoms with Gasteiger partial charge in [0.2, 0.25) is 0 Å². The van der Waals surface area contributed by atoms with Crippen LogP contribution in [0.3, 0.4) is 0 Å². The summed E-state index contributed by atoms with van der Waals surface area (Å²) < 4.78 is 16.5. The Balaban J connectivity index is 1.30. The molecule has 0 atom stereocenters. The minimum Gasteiger partial charge on any atom is -0.305 e. The Morgan fingerprint density at radius 3 is 2.76 bits per heavy atom. The van der Waals surface area contributed by atoms with Crippen LogP contribution in [-0.4, -0.2) is 34.1 Å². The van der Waals surface area contributed by atoms with E-state index in [1.807, 2.05) is 11.3 Å². The fourth-order valence-corrected chi connectivity index (χ4v) is 5.75. The number of hydrogen-bond donors (Lipinski definition) is 0. The monoisotopic (exact) mass is 477 g/mol. The zero-order valence-electron chi connectivity index (χ0n) is 16.5. The van der Waals surface area contributed by atoms with E-state index >= 15 is 0 Å². The first-order valence-corrected chi connectivity index (χ1v) is 11.7. The third kappa shape index (κ3) is 4.95. The number of aromatic nitrogens is 2. The van der Waals surface area contributed by atoms with Crippen molar-refractivity contribution in [2.24, 2.45) is 5.92 Å². The molecule has 0 unspecified atom stereocenters. The van der Waals surface area contributed by atoms with Crippen LogP contribution < -0.4 is 5.56 Å². The summed E-state index contributed by atoms with van der Waals surface area (Å²) in [5.41, 5.74) is 2.46. The van der Waals surface area contributed by atoms with Crippen LogP contribution in [0.2, 0.25) is 0 Å². The van der Waals surface area contributed by atoms with Crippen LogP contribution >= 0.6 is 27.3 Å². The second kappa shape index (κ2) is 9.06. The van der Waals surface area contributed by atoms with Crippen molar-refractivity contribution >= 4 is 38.3 Å². The lowest BCUT2D eigenvalue weighted by Crippen LogP contribution is -2.37. The molecule has 7 heteroatoms. The molecule has 4 rings (SSSR count). The number of thiophene rings is 1. The second-order valence-corrected chi connectivity index (χ2v) is 10.3. The average molecular weight is 478 g/mol. The molecule has 0 spiro atoms. The number of likely N-dealkylation sites (tertiary alicyclic amines) is 1. The standard InChI is InChI=1S/C22H25BrFN3OS/c1-15-12-18(29-22(15)23)3-2-16-6-8-26(9-7-16)10-11-27-20-13-17(24)14-25-19(20)4-5-21(27)28/h4-5,12-14,16H,2-3,6-11H2,1H3. The number of aryl methyl sites for hydroxylation is 2. The zero-order chi connectivity index (χ0) is 20.4. The van der Waals surface area contributed by atoms with Gasteiger partial charge in [-0.1, -0.05) is 0 Å². The van der Waals surface area contributed by atoms with E-state index in [1.165, 1.54) is 51.8 Å². The maximum Gasteiger partial charge on any atom is 0.251 e. The molecule has 3 aromatic heterocycles. The smallest absolute Gasteiger partial charge is 0.251 e. The lowest BCUT2D eigenvalue weighted by atomic mass is 9.92. The number of nitrogens with zero attached hydrogens (tertiary/aromatic N) is 3. The molecule has 0 radical (unpaired) electrons. The highest BCUT2D eigenvalue weighted by molar-refractivity contribution is 9.11. The molecule has 0 amide bonds. The highest BCUT2D eigenvalue weighted by atomic mass is 79.9. The maximum atomic E-state index is 13.6. The maximum absolute atomic E-state index is 13.6. The van der Waals surface area contributed by atoms with Crippen LogP contribution in [0.4, 0.5) is 4.39 Å². The fourth-order valence-electron chi connectivity index (χ4n) is 4.11. The number of rotatable bonds is 6. The Kier molecular flexibility index (Phi) is 6.47. The van der Waals surface area contributed by atoms with E-state index < -0.39 is 5.82 Å². The highest BCUT2D eigenvalue weighted by Gasteiger charge is 2.19. The second-order valence-electron chi connectivity index (χ2n) is 7.87. The number of fused-ring (bicyclic) bond motifs is 1. The van der Waals surface area contributed by atoms with E-state index in [0.29, 0.717) is 17.6 Å². The summed E-state index contributed by atoms with van der Waals surface area (Å²) in [5, 5.41) is 0. The zero-order valence-corrected chi connectivity index (χ0v) is 18.9. The van der Waals surface area contributed by atoms with Crippen molar-refractivity contribution in [1.82, 2.24) is 14.5 Å². The Bertz CT molecular complexity index is 1040. The lowest BCUT2D eigenvalue weighted by molar-refractivity contribution is 0.174. The van der Waals surface area contributed by atoms with Crippen LogP contribution in [0, 0.1) is 18.7 Å². The summed E-state index contributed by atoms with van der Waals surface area (Å²) in [4.78, 5) is 20.3. The Hall–Kier alpha value is -1.57. The molecule has 4 heterocycles. The molecule has 0 aliphatic carbocycles. The molecule has 0 N–H and O–H groups in total. The quantitative estimate of drug-likeness (QED) is 0.500. The summed E-state index contributed by atoms with van der Waals surface area (Å²) >= 11 is 5.47. The van der Waals surface area contributed by atoms with E-state index in [4.69, 9.17) is 0 Å². The van der Waals surface area contributed by atoms with E-state index in [1.54, 1.807) is 10.6 Å². The van der Waals surface area contributed by atoms with Gasteiger partial charge in [0.1, 0.15) is 5.82 Å². The molecular formula is C22H25BrFN3OS. The van der Waals surface area contributed by atoms with Crippen molar-refractivity contribution in [2.75, 3.05) is 19.6 Å². The van der Waals surface area contributed by atoms with Gasteiger partial charge >= 0.3 is 0 Å². The topological polar surface area (TPSA) is 38.1 Å². The van der Waals surface area contributed by atoms with Gasteiger partial charge in [-0.15, -0.1) is 11.3 Å². The molecule has 0 bridgehead atoms. The van der Waals surface area contributed by atoms with Gasteiger partial charge in [0, 0.05) is 30.1 Å². The molecule has 0 saturated carbocycles. The summed E-state index contributed by atoms with van der Waals surface area (Å²) in [6.07, 6.45) is 6.00. The van der Waals surface area contributed by atoms with Crippen LogP contribution in [0.1, 0.15) is 29.7 Å². The van der Waals surface area contributed by atoms with E-state index in [0.717, 1.165) is 32.0 Å². The first-order valence-electron chi connectivity index (χ1n) is 10.1. The number of pyridine rings is 2. The van der Waals surface area contributed by atoms with Gasteiger partial charge in [-0.25, -0.2) is 4.39 Å². The van der Waals surface area contributed by atoms with Gasteiger partial charge in [0.05, 0.1) is 21.0 Å². The van der Waals surface area contributed by atoms with Gasteiger partial charge < -0.3 is 9.47 Å². The first-order chi connectivity index (χ1) is 14.0. The van der Waals surface area contributed by atoms with Gasteiger partial charge in [-0.3, -0.25) is 9.78 Å².